The molecule has 0 spiro atoms. The van der Waals surface area contributed by atoms with Crippen molar-refractivity contribution in [3.8, 4) is 0 Å². The molecule has 21 heavy (non-hydrogen) atoms. The number of aryl methyl sites for hydroxylation is 1. The summed E-state index contributed by atoms with van der Waals surface area (Å²) in [7, 11) is 0. The average molecular weight is 290 g/mol. The second kappa shape index (κ2) is 6.45. The van der Waals surface area contributed by atoms with Crippen LogP contribution in [0.2, 0.25) is 0 Å². The minimum atomic E-state index is -0.0907. The Bertz CT molecular complexity index is 486. The molecule has 0 amide bonds. The number of benzene rings is 1. The predicted octanol–water partition coefficient (Wildman–Crippen LogP) is 3.52. The van der Waals surface area contributed by atoms with Gasteiger partial charge in [0, 0.05) is 18.6 Å². The van der Waals surface area contributed by atoms with Gasteiger partial charge in [0.2, 0.25) is 0 Å². The molecule has 0 saturated carbocycles. The van der Waals surface area contributed by atoms with Crippen molar-refractivity contribution in [2.45, 2.75) is 51.6 Å². The van der Waals surface area contributed by atoms with Gasteiger partial charge in [-0.05, 0) is 68.0 Å². The summed E-state index contributed by atoms with van der Waals surface area (Å²) in [6, 6.07) is 6.45. The molecule has 0 radical (unpaired) electrons. The van der Waals surface area contributed by atoms with Crippen LogP contribution in [-0.4, -0.2) is 30.6 Å². The van der Waals surface area contributed by atoms with Gasteiger partial charge in [-0.25, -0.2) is 4.39 Å². The number of rotatable bonds is 4. The van der Waals surface area contributed by atoms with Crippen molar-refractivity contribution < 1.29 is 4.39 Å². The lowest BCUT2D eigenvalue weighted by molar-refractivity contribution is 0.121. The fraction of sp³-hybridized carbons (Fsp3) is 0.667. The van der Waals surface area contributed by atoms with Crippen LogP contribution in [0.3, 0.4) is 0 Å². The Balaban J connectivity index is 1.65. The molecule has 1 aliphatic heterocycles. The second-order valence-electron chi connectivity index (χ2n) is 6.96. The third-order valence-corrected chi connectivity index (χ3v) is 4.96. The van der Waals surface area contributed by atoms with Gasteiger partial charge in [-0.3, -0.25) is 4.90 Å². The van der Waals surface area contributed by atoms with Gasteiger partial charge >= 0.3 is 0 Å². The van der Waals surface area contributed by atoms with Gasteiger partial charge in [0.25, 0.3) is 0 Å². The lowest BCUT2D eigenvalue weighted by Gasteiger charge is -2.37. The Labute approximate surface area is 127 Å². The Hall–Kier alpha value is -0.930. The average Bonchev–Trinajstić information content (AvgIpc) is 2.88. The molecule has 2 aliphatic rings. The van der Waals surface area contributed by atoms with E-state index >= 15 is 0 Å². The lowest BCUT2D eigenvalue weighted by atomic mass is 9.95. The van der Waals surface area contributed by atoms with E-state index in [2.05, 4.69) is 24.1 Å². The number of nitrogens with zero attached hydrogens (tertiary/aromatic N) is 1. The summed E-state index contributed by atoms with van der Waals surface area (Å²) in [6.07, 6.45) is 4.81. The topological polar surface area (TPSA) is 15.3 Å². The molecule has 116 valence electrons. The molecule has 3 rings (SSSR count). The van der Waals surface area contributed by atoms with Crippen LogP contribution in [0.5, 0.6) is 0 Å². The number of hydrogen-bond donors (Lipinski definition) is 1. The van der Waals surface area contributed by atoms with Crippen molar-refractivity contribution in [3.05, 3.63) is 35.1 Å². The van der Waals surface area contributed by atoms with Gasteiger partial charge in [-0.15, -0.1) is 0 Å². The van der Waals surface area contributed by atoms with Gasteiger partial charge in [-0.1, -0.05) is 19.9 Å². The summed E-state index contributed by atoms with van der Waals surface area (Å²) in [5.74, 6) is 0.665. The molecule has 2 atom stereocenters. The highest BCUT2D eigenvalue weighted by Crippen LogP contribution is 2.38. The molecule has 1 fully saturated rings. The molecule has 2 nitrogen and oxygen atoms in total. The van der Waals surface area contributed by atoms with Crippen LogP contribution >= 0.6 is 0 Å². The van der Waals surface area contributed by atoms with Crippen molar-refractivity contribution in [2.24, 2.45) is 5.92 Å². The van der Waals surface area contributed by atoms with E-state index in [1.54, 1.807) is 12.1 Å². The van der Waals surface area contributed by atoms with E-state index in [0.29, 0.717) is 12.1 Å². The third-order valence-electron chi connectivity index (χ3n) is 4.96. The molecule has 1 aromatic rings. The SMILES string of the molecule is CC(C)NCC1CCCN(C2CCc3cc(F)ccc32)C1. The molecule has 1 N–H and O–H groups in total. The maximum absolute atomic E-state index is 13.3. The van der Waals surface area contributed by atoms with Crippen LogP contribution in [0.1, 0.15) is 50.3 Å². The van der Waals surface area contributed by atoms with Gasteiger partial charge in [-0.2, -0.15) is 0 Å². The smallest absolute Gasteiger partial charge is 0.123 e. The van der Waals surface area contributed by atoms with Gasteiger partial charge in [0.1, 0.15) is 5.82 Å². The summed E-state index contributed by atoms with van der Waals surface area (Å²) in [5.41, 5.74) is 2.59. The van der Waals surface area contributed by atoms with Gasteiger partial charge < -0.3 is 5.32 Å². The molecule has 1 aliphatic carbocycles. The van der Waals surface area contributed by atoms with Gasteiger partial charge in [0.05, 0.1) is 0 Å². The molecule has 1 saturated heterocycles. The highest BCUT2D eigenvalue weighted by Gasteiger charge is 2.31. The number of nitrogens with one attached hydrogen (secondary N) is 1. The monoisotopic (exact) mass is 290 g/mol. The van der Waals surface area contributed by atoms with Crippen molar-refractivity contribution in [1.29, 1.82) is 0 Å². The summed E-state index contributed by atoms with van der Waals surface area (Å²) >= 11 is 0. The van der Waals surface area contributed by atoms with Crippen LogP contribution in [0.4, 0.5) is 4.39 Å². The minimum absolute atomic E-state index is 0.0907. The van der Waals surface area contributed by atoms with Crippen LogP contribution in [0.15, 0.2) is 18.2 Å². The van der Waals surface area contributed by atoms with Crippen LogP contribution < -0.4 is 5.32 Å². The van der Waals surface area contributed by atoms with Crippen LogP contribution in [0.25, 0.3) is 0 Å². The quantitative estimate of drug-likeness (QED) is 0.912. The normalized spacial score (nSPS) is 26.3. The molecule has 1 aromatic carbocycles. The molecule has 2 unspecified atom stereocenters. The van der Waals surface area contributed by atoms with Crippen LogP contribution in [0, 0.1) is 11.7 Å². The Morgan fingerprint density at radius 3 is 3.00 bits per heavy atom. The zero-order valence-corrected chi connectivity index (χ0v) is 13.2. The van der Waals surface area contributed by atoms with E-state index in [9.17, 15) is 4.39 Å². The summed E-state index contributed by atoms with van der Waals surface area (Å²) in [6.45, 7) is 7.92. The van der Waals surface area contributed by atoms with E-state index in [0.717, 1.165) is 25.3 Å². The van der Waals surface area contributed by atoms with Crippen molar-refractivity contribution in [3.63, 3.8) is 0 Å². The molecule has 1 heterocycles. The zero-order valence-electron chi connectivity index (χ0n) is 13.2. The first-order valence-corrected chi connectivity index (χ1v) is 8.39. The number of likely N-dealkylation sites (tertiary alicyclic amines) is 1. The number of hydrogen-bond acceptors (Lipinski definition) is 2. The maximum atomic E-state index is 13.3. The fourth-order valence-corrected chi connectivity index (χ4v) is 3.89. The summed E-state index contributed by atoms with van der Waals surface area (Å²) in [5, 5.41) is 3.58. The molecule has 0 bridgehead atoms. The maximum Gasteiger partial charge on any atom is 0.123 e. The first kappa shape index (κ1) is 15.0. The highest BCUT2D eigenvalue weighted by molar-refractivity contribution is 5.35. The molecule has 3 heteroatoms. The highest BCUT2D eigenvalue weighted by atomic mass is 19.1. The number of fused-ring (bicyclic) bond motifs is 1. The standard InChI is InChI=1S/C18H27FN2/c1-13(2)20-11-14-4-3-9-21(12-14)18-8-5-15-10-16(19)6-7-17(15)18/h6-7,10,13-14,18,20H,3-5,8-9,11-12H2,1-2H3. The number of halogens is 1. The lowest BCUT2D eigenvalue weighted by Crippen LogP contribution is -2.42. The Morgan fingerprint density at radius 1 is 1.33 bits per heavy atom. The first-order valence-electron chi connectivity index (χ1n) is 8.39. The molecular formula is C18H27FN2. The van der Waals surface area contributed by atoms with E-state index in [1.165, 1.54) is 37.1 Å². The van der Waals surface area contributed by atoms with Gasteiger partial charge in [0.15, 0.2) is 0 Å². The van der Waals surface area contributed by atoms with Crippen molar-refractivity contribution in [2.75, 3.05) is 19.6 Å². The summed E-state index contributed by atoms with van der Waals surface area (Å²) < 4.78 is 13.3. The minimum Gasteiger partial charge on any atom is -0.314 e. The second-order valence-corrected chi connectivity index (χ2v) is 6.96. The zero-order chi connectivity index (χ0) is 14.8. The largest absolute Gasteiger partial charge is 0.314 e. The van der Waals surface area contributed by atoms with E-state index in [1.807, 2.05) is 6.07 Å². The third kappa shape index (κ3) is 3.46. The van der Waals surface area contributed by atoms with E-state index < -0.39 is 0 Å². The summed E-state index contributed by atoms with van der Waals surface area (Å²) in [4.78, 5) is 2.64. The van der Waals surface area contributed by atoms with Crippen molar-refractivity contribution >= 4 is 0 Å². The predicted molar refractivity (Wildman–Crippen MR) is 84.9 cm³/mol. The molecular weight excluding hydrogens is 263 g/mol. The van der Waals surface area contributed by atoms with Crippen molar-refractivity contribution in [1.82, 2.24) is 10.2 Å². The van der Waals surface area contributed by atoms with E-state index in [4.69, 9.17) is 0 Å². The molecule has 0 aromatic heterocycles. The Kier molecular flexibility index (Phi) is 4.60. The van der Waals surface area contributed by atoms with E-state index in [-0.39, 0.29) is 5.82 Å². The van der Waals surface area contributed by atoms with Crippen LogP contribution in [-0.2, 0) is 6.42 Å². The Morgan fingerprint density at radius 2 is 2.19 bits per heavy atom. The first-order chi connectivity index (χ1) is 10.1. The number of piperidine rings is 1. The fourth-order valence-electron chi connectivity index (χ4n) is 3.89.